The van der Waals surface area contributed by atoms with Crippen molar-refractivity contribution in [2.45, 2.75) is 6.92 Å². The van der Waals surface area contributed by atoms with Gasteiger partial charge in [0.05, 0.1) is 55.2 Å². The third-order valence-electron chi connectivity index (χ3n) is 5.03. The lowest BCUT2D eigenvalue weighted by molar-refractivity contribution is 0.0526. The van der Waals surface area contributed by atoms with Crippen LogP contribution in [-0.4, -0.2) is 34.4 Å². The predicted octanol–water partition coefficient (Wildman–Crippen LogP) is 5.75. The maximum atomic E-state index is 13.2. The van der Waals surface area contributed by atoms with Crippen LogP contribution in [-0.2, 0) is 4.74 Å². The number of hydrogen-bond donors (Lipinski definition) is 3. The molecule has 1 aliphatic rings. The Labute approximate surface area is 202 Å². The van der Waals surface area contributed by atoms with Gasteiger partial charge in [0.15, 0.2) is 11.6 Å². The van der Waals surface area contributed by atoms with Crippen LogP contribution in [0.3, 0.4) is 0 Å². The van der Waals surface area contributed by atoms with Gasteiger partial charge >= 0.3 is 5.97 Å². The van der Waals surface area contributed by atoms with Gasteiger partial charge in [0.1, 0.15) is 11.5 Å². The minimum atomic E-state index is -0.808. The zero-order chi connectivity index (χ0) is 24.0. The Kier molecular flexibility index (Phi) is 5.97. The van der Waals surface area contributed by atoms with E-state index >= 15 is 0 Å². The molecule has 1 aliphatic carbocycles. The molecule has 3 aromatic carbocycles. The van der Waals surface area contributed by atoms with Crippen LogP contribution in [0.2, 0.25) is 15.1 Å². The van der Waals surface area contributed by atoms with Gasteiger partial charge in [-0.3, -0.25) is 9.59 Å². The molecule has 0 radical (unpaired) electrons. The summed E-state index contributed by atoms with van der Waals surface area (Å²) in [4.78, 5) is 38.4. The highest BCUT2D eigenvalue weighted by atomic mass is 35.5. The van der Waals surface area contributed by atoms with Crippen molar-refractivity contribution in [3.8, 4) is 11.5 Å². The topological polar surface area (TPSA) is 113 Å². The average Bonchev–Trinajstić information content (AvgIpc) is 2.79. The molecular weight excluding hydrogens is 493 g/mol. The fourth-order valence-electron chi connectivity index (χ4n) is 3.57. The quantitative estimate of drug-likeness (QED) is 0.183. The van der Waals surface area contributed by atoms with Crippen molar-refractivity contribution in [2.24, 2.45) is 0 Å². The number of carbonyl (C=O) groups excluding carboxylic acids is 3. The minimum absolute atomic E-state index is 0.0207. The third kappa shape index (κ3) is 3.68. The molecule has 0 atom stereocenters. The zero-order valence-electron chi connectivity index (χ0n) is 16.8. The molecule has 33 heavy (non-hydrogen) atoms. The molecule has 0 unspecified atom stereocenters. The van der Waals surface area contributed by atoms with Gasteiger partial charge < -0.3 is 20.3 Å². The van der Waals surface area contributed by atoms with Crippen LogP contribution >= 0.6 is 34.8 Å². The Bertz CT molecular complexity index is 1370. The van der Waals surface area contributed by atoms with Crippen LogP contribution in [0.5, 0.6) is 11.5 Å². The normalized spacial score (nSPS) is 12.2. The fraction of sp³-hybridized carbons (Fsp3) is 0.0870. The van der Waals surface area contributed by atoms with Gasteiger partial charge in [0, 0.05) is 5.69 Å². The average molecular weight is 507 g/mol. The number of nitrogens with one attached hydrogen (secondary N) is 1. The molecule has 0 amide bonds. The summed E-state index contributed by atoms with van der Waals surface area (Å²) in [5.74, 6) is -3.13. The Morgan fingerprint density at radius 1 is 0.879 bits per heavy atom. The summed E-state index contributed by atoms with van der Waals surface area (Å²) in [6, 6.07) is 8.45. The molecule has 0 aliphatic heterocycles. The smallest absolute Gasteiger partial charge is 0.338 e. The van der Waals surface area contributed by atoms with Crippen LogP contribution in [0.15, 0.2) is 36.4 Å². The Balaban J connectivity index is 1.87. The molecular formula is C23H14Cl3NO6. The van der Waals surface area contributed by atoms with E-state index in [1.807, 2.05) is 0 Å². The Morgan fingerprint density at radius 3 is 2.03 bits per heavy atom. The number of phenolic OH excluding ortho intramolecular Hbond substituents is 2. The predicted molar refractivity (Wildman–Crippen MR) is 124 cm³/mol. The second kappa shape index (κ2) is 8.59. The first kappa shape index (κ1) is 22.9. The molecule has 4 rings (SSSR count). The van der Waals surface area contributed by atoms with Crippen molar-refractivity contribution >= 4 is 63.7 Å². The first-order chi connectivity index (χ1) is 15.7. The van der Waals surface area contributed by atoms with E-state index in [4.69, 9.17) is 39.5 Å². The highest BCUT2D eigenvalue weighted by Gasteiger charge is 2.39. The standard InChI is InChI=1S/C23H14Cl3NO6/c1-2-33-23(32)9-4-3-5-10(8-9)27-20-18(25)16-15(17(24)19(20)26)21(30)13-11(28)6-7-12(29)14(13)22(16)31/h3-8,27-29H,2H2,1H3. The van der Waals surface area contributed by atoms with Crippen molar-refractivity contribution in [3.05, 3.63) is 79.3 Å². The number of ether oxygens (including phenoxy) is 1. The number of esters is 1. The summed E-state index contributed by atoms with van der Waals surface area (Å²) in [5, 5.41) is 22.6. The molecule has 0 aromatic heterocycles. The first-order valence-electron chi connectivity index (χ1n) is 9.56. The van der Waals surface area contributed by atoms with Crippen LogP contribution in [0.4, 0.5) is 11.4 Å². The summed E-state index contributed by atoms with van der Waals surface area (Å²) < 4.78 is 4.99. The van der Waals surface area contributed by atoms with Crippen molar-refractivity contribution in [2.75, 3.05) is 11.9 Å². The second-order valence-corrected chi connectivity index (χ2v) is 8.14. The van der Waals surface area contributed by atoms with Gasteiger partial charge in [-0.2, -0.15) is 0 Å². The molecule has 0 fully saturated rings. The second-order valence-electron chi connectivity index (χ2n) is 7.01. The molecule has 0 saturated heterocycles. The third-order valence-corrected chi connectivity index (χ3v) is 6.26. The van der Waals surface area contributed by atoms with Crippen molar-refractivity contribution in [1.29, 1.82) is 0 Å². The van der Waals surface area contributed by atoms with Gasteiger partial charge in [0.2, 0.25) is 0 Å². The first-order valence-corrected chi connectivity index (χ1v) is 10.7. The van der Waals surface area contributed by atoms with Crippen LogP contribution in [0.1, 0.15) is 49.1 Å². The molecule has 0 spiro atoms. The monoisotopic (exact) mass is 505 g/mol. The number of halogens is 3. The van der Waals surface area contributed by atoms with Crippen LogP contribution < -0.4 is 5.32 Å². The number of benzene rings is 3. The van der Waals surface area contributed by atoms with Gasteiger partial charge in [-0.1, -0.05) is 40.9 Å². The molecule has 0 bridgehead atoms. The molecule has 7 nitrogen and oxygen atoms in total. The molecule has 10 heteroatoms. The minimum Gasteiger partial charge on any atom is -0.507 e. The van der Waals surface area contributed by atoms with Crippen molar-refractivity contribution < 1.29 is 29.3 Å². The molecule has 0 heterocycles. The highest BCUT2D eigenvalue weighted by molar-refractivity contribution is 6.51. The van der Waals surface area contributed by atoms with Gasteiger partial charge in [-0.15, -0.1) is 0 Å². The van der Waals surface area contributed by atoms with E-state index in [9.17, 15) is 24.6 Å². The SMILES string of the molecule is CCOC(=O)c1cccc(Nc2c(Cl)c(Cl)c3c(c2Cl)C(=O)c2c(O)ccc(O)c2C3=O)c1. The number of phenols is 2. The van der Waals surface area contributed by atoms with E-state index in [-0.39, 0.29) is 55.2 Å². The Morgan fingerprint density at radius 2 is 1.45 bits per heavy atom. The number of hydrogen-bond acceptors (Lipinski definition) is 7. The largest absolute Gasteiger partial charge is 0.507 e. The van der Waals surface area contributed by atoms with E-state index < -0.39 is 29.0 Å². The summed E-state index contributed by atoms with van der Waals surface area (Å²) in [5.41, 5.74) is -0.654. The summed E-state index contributed by atoms with van der Waals surface area (Å²) in [6.45, 7) is 1.89. The number of fused-ring (bicyclic) bond motifs is 2. The van der Waals surface area contributed by atoms with Gasteiger partial charge in [0.25, 0.3) is 0 Å². The number of aromatic hydroxyl groups is 2. The molecule has 168 valence electrons. The molecule has 3 N–H and O–H groups in total. The summed E-state index contributed by atoms with van der Waals surface area (Å²) >= 11 is 19.3. The fourth-order valence-corrected chi connectivity index (χ4v) is 4.45. The van der Waals surface area contributed by atoms with Crippen molar-refractivity contribution in [3.63, 3.8) is 0 Å². The van der Waals surface area contributed by atoms with Gasteiger partial charge in [-0.05, 0) is 37.3 Å². The van der Waals surface area contributed by atoms with E-state index in [0.717, 1.165) is 12.1 Å². The lowest BCUT2D eigenvalue weighted by atomic mass is 9.82. The van der Waals surface area contributed by atoms with E-state index in [2.05, 4.69) is 5.32 Å². The maximum Gasteiger partial charge on any atom is 0.338 e. The van der Waals surface area contributed by atoms with Crippen LogP contribution in [0.25, 0.3) is 0 Å². The number of carbonyl (C=O) groups is 3. The van der Waals surface area contributed by atoms with Crippen LogP contribution in [0, 0.1) is 0 Å². The van der Waals surface area contributed by atoms with E-state index in [1.54, 1.807) is 25.1 Å². The van der Waals surface area contributed by atoms with Crippen molar-refractivity contribution in [1.82, 2.24) is 0 Å². The molecule has 0 saturated carbocycles. The lowest BCUT2D eigenvalue weighted by Gasteiger charge is -2.24. The number of rotatable bonds is 4. The van der Waals surface area contributed by atoms with E-state index in [1.165, 1.54) is 6.07 Å². The number of ketones is 2. The lowest BCUT2D eigenvalue weighted by Crippen LogP contribution is -2.23. The summed E-state index contributed by atoms with van der Waals surface area (Å²) in [7, 11) is 0. The van der Waals surface area contributed by atoms with Gasteiger partial charge in [-0.25, -0.2) is 4.79 Å². The number of anilines is 2. The van der Waals surface area contributed by atoms with E-state index in [0.29, 0.717) is 5.69 Å². The Hall–Kier alpha value is -3.26. The summed E-state index contributed by atoms with van der Waals surface area (Å²) in [6.07, 6.45) is 0. The maximum absolute atomic E-state index is 13.2. The zero-order valence-corrected chi connectivity index (χ0v) is 19.1. The molecule has 3 aromatic rings. The highest BCUT2D eigenvalue weighted by Crippen LogP contribution is 2.48.